The van der Waals surface area contributed by atoms with Gasteiger partial charge in [0.05, 0.1) is 13.0 Å². The number of nitrogens with one attached hydrogen (secondary N) is 1. The van der Waals surface area contributed by atoms with Crippen molar-refractivity contribution in [2.24, 2.45) is 5.73 Å². The van der Waals surface area contributed by atoms with Gasteiger partial charge in [-0.15, -0.1) is 0 Å². The molecule has 1 aromatic rings. The first kappa shape index (κ1) is 16.5. The average Bonchev–Trinajstić information content (AvgIpc) is 2.38. The molecule has 3 N–H and O–H groups in total. The van der Waals surface area contributed by atoms with E-state index in [9.17, 15) is 18.0 Å². The Morgan fingerprint density at radius 2 is 1.80 bits per heavy atom. The van der Waals surface area contributed by atoms with E-state index in [4.69, 9.17) is 5.73 Å². The van der Waals surface area contributed by atoms with Crippen molar-refractivity contribution in [1.29, 1.82) is 0 Å². The minimum Gasteiger partial charge on any atom is -0.370 e. The van der Waals surface area contributed by atoms with Crippen LogP contribution < -0.4 is 11.1 Å². The van der Waals surface area contributed by atoms with Crippen LogP contribution in [0.2, 0.25) is 0 Å². The number of carbonyl (C=O) groups is 1. The number of carbonyl (C=O) groups excluding carboxylic acids is 1. The molecular formula is C13H17F3N2O2. The van der Waals surface area contributed by atoms with Crippen LogP contribution in [0, 0.1) is 0 Å². The summed E-state index contributed by atoms with van der Waals surface area (Å²) in [7, 11) is 0. The minimum absolute atomic E-state index is 0.0514. The van der Waals surface area contributed by atoms with Gasteiger partial charge < -0.3 is 15.8 Å². The van der Waals surface area contributed by atoms with Gasteiger partial charge in [0.25, 0.3) is 0 Å². The molecule has 4 nitrogen and oxygen atoms in total. The standard InChI is InChI=1S/C13H17F3N2O2/c14-13(15,16)9-20-6-5-18-12(19)7-10-1-3-11(8-17)4-2-10/h1-4H,5-9,17H2,(H,18,19). The van der Waals surface area contributed by atoms with Gasteiger partial charge in [0.2, 0.25) is 5.91 Å². The van der Waals surface area contributed by atoms with Gasteiger partial charge in [0, 0.05) is 13.1 Å². The molecule has 7 heteroatoms. The van der Waals surface area contributed by atoms with Crippen molar-refractivity contribution in [3.8, 4) is 0 Å². The third kappa shape index (κ3) is 7.10. The maximum absolute atomic E-state index is 11.8. The quantitative estimate of drug-likeness (QED) is 0.746. The van der Waals surface area contributed by atoms with Gasteiger partial charge in [-0.2, -0.15) is 13.2 Å². The topological polar surface area (TPSA) is 64.4 Å². The summed E-state index contributed by atoms with van der Waals surface area (Å²) in [5.41, 5.74) is 7.24. The van der Waals surface area contributed by atoms with E-state index in [1.165, 1.54) is 0 Å². The van der Waals surface area contributed by atoms with Crippen LogP contribution in [0.5, 0.6) is 0 Å². The molecule has 0 atom stereocenters. The first-order valence-electron chi connectivity index (χ1n) is 6.10. The highest BCUT2D eigenvalue weighted by Gasteiger charge is 2.27. The molecule has 0 fully saturated rings. The second kappa shape index (κ2) is 7.86. The zero-order chi connectivity index (χ0) is 15.0. The summed E-state index contributed by atoms with van der Waals surface area (Å²) >= 11 is 0. The zero-order valence-electron chi connectivity index (χ0n) is 10.9. The maximum atomic E-state index is 11.8. The largest absolute Gasteiger partial charge is 0.411 e. The fourth-order valence-electron chi connectivity index (χ4n) is 1.49. The molecule has 0 heterocycles. The number of alkyl halides is 3. The van der Waals surface area contributed by atoms with Crippen LogP contribution in [0.1, 0.15) is 11.1 Å². The highest BCUT2D eigenvalue weighted by molar-refractivity contribution is 5.78. The Balaban J connectivity index is 2.19. The number of hydrogen-bond acceptors (Lipinski definition) is 3. The Kier molecular flexibility index (Phi) is 6.47. The molecular weight excluding hydrogens is 273 g/mol. The van der Waals surface area contributed by atoms with Gasteiger partial charge in [-0.3, -0.25) is 4.79 Å². The molecule has 0 unspecified atom stereocenters. The third-order valence-corrected chi connectivity index (χ3v) is 2.46. The number of nitrogens with two attached hydrogens (primary N) is 1. The van der Waals surface area contributed by atoms with E-state index >= 15 is 0 Å². The second-order valence-corrected chi connectivity index (χ2v) is 4.22. The molecule has 0 aromatic heterocycles. The average molecular weight is 290 g/mol. The number of benzene rings is 1. The summed E-state index contributed by atoms with van der Waals surface area (Å²) in [5, 5.41) is 2.49. The summed E-state index contributed by atoms with van der Waals surface area (Å²) in [6, 6.07) is 7.24. The van der Waals surface area contributed by atoms with Gasteiger partial charge in [-0.1, -0.05) is 24.3 Å². The Bertz CT molecular complexity index is 419. The lowest BCUT2D eigenvalue weighted by molar-refractivity contribution is -0.173. The van der Waals surface area contributed by atoms with E-state index in [2.05, 4.69) is 10.1 Å². The lowest BCUT2D eigenvalue weighted by Crippen LogP contribution is -2.30. The highest BCUT2D eigenvalue weighted by atomic mass is 19.4. The van der Waals surface area contributed by atoms with Crippen molar-refractivity contribution in [3.05, 3.63) is 35.4 Å². The van der Waals surface area contributed by atoms with E-state index in [1.807, 2.05) is 12.1 Å². The first-order chi connectivity index (χ1) is 9.40. The Morgan fingerprint density at radius 3 is 2.35 bits per heavy atom. The van der Waals surface area contributed by atoms with E-state index < -0.39 is 12.8 Å². The molecule has 112 valence electrons. The van der Waals surface area contributed by atoms with Gasteiger partial charge in [-0.05, 0) is 11.1 Å². The molecule has 1 amide bonds. The predicted molar refractivity (Wildman–Crippen MR) is 67.9 cm³/mol. The molecule has 1 rings (SSSR count). The fourth-order valence-corrected chi connectivity index (χ4v) is 1.49. The van der Waals surface area contributed by atoms with E-state index in [-0.39, 0.29) is 25.5 Å². The fraction of sp³-hybridized carbons (Fsp3) is 0.462. The maximum Gasteiger partial charge on any atom is 0.411 e. The molecule has 0 saturated carbocycles. The van der Waals surface area contributed by atoms with E-state index in [0.29, 0.717) is 6.54 Å². The van der Waals surface area contributed by atoms with Gasteiger partial charge in [0.1, 0.15) is 6.61 Å². The Labute approximate surface area is 115 Å². The zero-order valence-corrected chi connectivity index (χ0v) is 10.9. The molecule has 0 aliphatic carbocycles. The smallest absolute Gasteiger partial charge is 0.370 e. The Morgan fingerprint density at radius 1 is 1.20 bits per heavy atom. The number of hydrogen-bond donors (Lipinski definition) is 2. The lowest BCUT2D eigenvalue weighted by Gasteiger charge is -2.08. The minimum atomic E-state index is -4.34. The van der Waals surface area contributed by atoms with Crippen LogP contribution in [0.25, 0.3) is 0 Å². The Hall–Kier alpha value is -1.60. The van der Waals surface area contributed by atoms with Crippen molar-refractivity contribution >= 4 is 5.91 Å². The van der Waals surface area contributed by atoms with Crippen LogP contribution in [-0.2, 0) is 22.5 Å². The summed E-state index contributed by atoms with van der Waals surface area (Å²) < 4.78 is 39.7. The highest BCUT2D eigenvalue weighted by Crippen LogP contribution is 2.13. The van der Waals surface area contributed by atoms with Crippen LogP contribution in [0.4, 0.5) is 13.2 Å². The van der Waals surface area contributed by atoms with Crippen molar-refractivity contribution in [3.63, 3.8) is 0 Å². The van der Waals surface area contributed by atoms with Crippen LogP contribution >= 0.6 is 0 Å². The molecule has 0 aliphatic rings. The second-order valence-electron chi connectivity index (χ2n) is 4.22. The first-order valence-corrected chi connectivity index (χ1v) is 6.10. The van der Waals surface area contributed by atoms with Crippen LogP contribution in [-0.4, -0.2) is 31.8 Å². The predicted octanol–water partition coefficient (Wildman–Crippen LogP) is 1.38. The van der Waals surface area contributed by atoms with Crippen molar-refractivity contribution in [1.82, 2.24) is 5.32 Å². The number of ether oxygens (including phenoxy) is 1. The summed E-state index contributed by atoms with van der Waals surface area (Å²) in [5.74, 6) is -0.263. The molecule has 0 saturated heterocycles. The van der Waals surface area contributed by atoms with Crippen LogP contribution in [0.3, 0.4) is 0 Å². The van der Waals surface area contributed by atoms with Gasteiger partial charge >= 0.3 is 6.18 Å². The van der Waals surface area contributed by atoms with Gasteiger partial charge in [-0.25, -0.2) is 0 Å². The molecule has 1 aromatic carbocycles. The number of amides is 1. The summed E-state index contributed by atoms with van der Waals surface area (Å²) in [4.78, 5) is 11.5. The molecule has 0 bridgehead atoms. The third-order valence-electron chi connectivity index (χ3n) is 2.46. The van der Waals surface area contributed by atoms with Crippen molar-refractivity contribution in [2.75, 3.05) is 19.8 Å². The molecule has 0 aliphatic heterocycles. The normalized spacial score (nSPS) is 11.4. The van der Waals surface area contributed by atoms with Crippen molar-refractivity contribution in [2.45, 2.75) is 19.1 Å². The van der Waals surface area contributed by atoms with Crippen LogP contribution in [0.15, 0.2) is 24.3 Å². The number of halogens is 3. The summed E-state index contributed by atoms with van der Waals surface area (Å²) in [6.45, 7) is -0.987. The molecule has 20 heavy (non-hydrogen) atoms. The van der Waals surface area contributed by atoms with E-state index in [1.54, 1.807) is 12.1 Å². The number of rotatable bonds is 7. The SMILES string of the molecule is NCc1ccc(CC(=O)NCCOCC(F)(F)F)cc1. The lowest BCUT2D eigenvalue weighted by atomic mass is 10.1. The van der Waals surface area contributed by atoms with E-state index in [0.717, 1.165) is 11.1 Å². The molecule has 0 radical (unpaired) electrons. The van der Waals surface area contributed by atoms with Crippen molar-refractivity contribution < 1.29 is 22.7 Å². The monoisotopic (exact) mass is 290 g/mol. The van der Waals surface area contributed by atoms with Gasteiger partial charge in [0.15, 0.2) is 0 Å². The molecule has 0 spiro atoms. The summed E-state index contributed by atoms with van der Waals surface area (Å²) in [6.07, 6.45) is -4.17.